The Kier molecular flexibility index (Phi) is 4.06. The van der Waals surface area contributed by atoms with Crippen LogP contribution in [-0.4, -0.2) is 9.97 Å². The van der Waals surface area contributed by atoms with E-state index in [4.69, 9.17) is 0 Å². The zero-order valence-electron chi connectivity index (χ0n) is 10.0. The van der Waals surface area contributed by atoms with Crippen LogP contribution in [-0.2, 0) is 12.8 Å². The highest BCUT2D eigenvalue weighted by Crippen LogP contribution is 2.27. The van der Waals surface area contributed by atoms with Gasteiger partial charge in [-0.25, -0.2) is 9.97 Å². The molecular weight excluding hydrogens is 340 g/mol. The molecule has 0 saturated heterocycles. The SMILES string of the molecule is Brc1csc(-c2csc(CCc3ccccc3)n2)n1. The summed E-state index contributed by atoms with van der Waals surface area (Å²) in [5.74, 6) is 0. The van der Waals surface area contributed by atoms with Crippen molar-refractivity contribution in [3.05, 3.63) is 56.3 Å². The second-order valence-corrected chi connectivity index (χ2v) is 6.70. The first-order valence-corrected chi connectivity index (χ1v) is 8.46. The lowest BCUT2D eigenvalue weighted by Gasteiger charge is -1.97. The zero-order valence-corrected chi connectivity index (χ0v) is 13.3. The van der Waals surface area contributed by atoms with Gasteiger partial charge >= 0.3 is 0 Å². The molecule has 0 fully saturated rings. The minimum Gasteiger partial charge on any atom is -0.239 e. The normalized spacial score (nSPS) is 10.8. The van der Waals surface area contributed by atoms with E-state index in [0.717, 1.165) is 28.1 Å². The molecule has 0 spiro atoms. The molecule has 3 aromatic rings. The van der Waals surface area contributed by atoms with Crippen LogP contribution >= 0.6 is 38.6 Å². The van der Waals surface area contributed by atoms with Gasteiger partial charge in [-0.3, -0.25) is 0 Å². The second-order valence-electron chi connectivity index (χ2n) is 4.09. The Labute approximate surface area is 128 Å². The van der Waals surface area contributed by atoms with Gasteiger partial charge < -0.3 is 0 Å². The number of hydrogen-bond donors (Lipinski definition) is 0. The van der Waals surface area contributed by atoms with Gasteiger partial charge in [0.1, 0.15) is 15.3 Å². The number of benzene rings is 1. The third kappa shape index (κ3) is 3.29. The van der Waals surface area contributed by atoms with Crippen molar-refractivity contribution in [3.63, 3.8) is 0 Å². The van der Waals surface area contributed by atoms with Crippen molar-refractivity contribution in [1.82, 2.24) is 9.97 Å². The van der Waals surface area contributed by atoms with E-state index in [0.29, 0.717) is 0 Å². The van der Waals surface area contributed by atoms with Gasteiger partial charge in [0.15, 0.2) is 0 Å². The van der Waals surface area contributed by atoms with E-state index in [-0.39, 0.29) is 0 Å². The van der Waals surface area contributed by atoms with Crippen LogP contribution in [0.2, 0.25) is 0 Å². The number of hydrogen-bond acceptors (Lipinski definition) is 4. The van der Waals surface area contributed by atoms with Gasteiger partial charge in [-0.2, -0.15) is 0 Å². The van der Waals surface area contributed by atoms with Crippen molar-refractivity contribution in [1.29, 1.82) is 0 Å². The number of halogens is 1. The molecule has 0 amide bonds. The Morgan fingerprint density at radius 2 is 1.79 bits per heavy atom. The highest BCUT2D eigenvalue weighted by atomic mass is 79.9. The average molecular weight is 351 g/mol. The van der Waals surface area contributed by atoms with Gasteiger partial charge in [0.2, 0.25) is 0 Å². The van der Waals surface area contributed by atoms with Crippen LogP contribution < -0.4 is 0 Å². The Bertz CT molecular complexity index is 661. The van der Waals surface area contributed by atoms with E-state index in [1.54, 1.807) is 22.7 Å². The van der Waals surface area contributed by atoms with Crippen molar-refractivity contribution in [3.8, 4) is 10.7 Å². The standard InChI is InChI=1S/C14H11BrN2S2/c15-12-9-19-14(17-12)11-8-18-13(16-11)7-6-10-4-2-1-3-5-10/h1-5,8-9H,6-7H2. The Balaban J connectivity index is 1.68. The minimum absolute atomic E-state index is 0.881. The summed E-state index contributed by atoms with van der Waals surface area (Å²) in [5.41, 5.74) is 2.35. The molecule has 3 rings (SSSR count). The monoisotopic (exact) mass is 350 g/mol. The largest absolute Gasteiger partial charge is 0.239 e. The van der Waals surface area contributed by atoms with Crippen LogP contribution in [0.4, 0.5) is 0 Å². The topological polar surface area (TPSA) is 25.8 Å². The predicted octanol–water partition coefficient (Wildman–Crippen LogP) is 4.81. The summed E-state index contributed by atoms with van der Waals surface area (Å²) in [6.45, 7) is 0. The van der Waals surface area contributed by atoms with E-state index in [1.807, 2.05) is 11.4 Å². The number of thiazole rings is 2. The first-order valence-electron chi connectivity index (χ1n) is 5.91. The summed E-state index contributed by atoms with van der Waals surface area (Å²) in [6.07, 6.45) is 2.02. The lowest BCUT2D eigenvalue weighted by atomic mass is 10.1. The van der Waals surface area contributed by atoms with E-state index in [2.05, 4.69) is 55.5 Å². The molecule has 0 saturated carbocycles. The van der Waals surface area contributed by atoms with Crippen LogP contribution in [0.5, 0.6) is 0 Å². The molecule has 0 N–H and O–H groups in total. The fraction of sp³-hybridized carbons (Fsp3) is 0.143. The van der Waals surface area contributed by atoms with Gasteiger partial charge in [0, 0.05) is 17.2 Å². The third-order valence-corrected chi connectivity index (χ3v) is 5.20. The smallest absolute Gasteiger partial charge is 0.144 e. The summed E-state index contributed by atoms with van der Waals surface area (Å²) in [6, 6.07) is 10.5. The molecule has 2 heterocycles. The third-order valence-electron chi connectivity index (χ3n) is 2.72. The summed E-state index contributed by atoms with van der Waals surface area (Å²) < 4.78 is 0.881. The van der Waals surface area contributed by atoms with Crippen LogP contribution in [0.25, 0.3) is 10.7 Å². The Morgan fingerprint density at radius 3 is 2.53 bits per heavy atom. The van der Waals surface area contributed by atoms with Crippen LogP contribution in [0.3, 0.4) is 0 Å². The molecule has 19 heavy (non-hydrogen) atoms. The molecule has 0 aliphatic rings. The highest BCUT2D eigenvalue weighted by molar-refractivity contribution is 9.10. The average Bonchev–Trinajstić information content (AvgIpc) is 3.06. The van der Waals surface area contributed by atoms with Gasteiger partial charge in [0.05, 0.1) is 5.01 Å². The molecule has 5 heteroatoms. The maximum atomic E-state index is 4.65. The number of rotatable bonds is 4. The quantitative estimate of drug-likeness (QED) is 0.674. The van der Waals surface area contributed by atoms with Crippen molar-refractivity contribution < 1.29 is 0 Å². The summed E-state index contributed by atoms with van der Waals surface area (Å²) in [7, 11) is 0. The Hall–Kier alpha value is -1.04. The lowest BCUT2D eigenvalue weighted by molar-refractivity contribution is 0.945. The molecule has 2 aromatic heterocycles. The van der Waals surface area contributed by atoms with Crippen molar-refractivity contribution in [2.45, 2.75) is 12.8 Å². The molecule has 0 radical (unpaired) electrons. The number of aromatic nitrogens is 2. The summed E-state index contributed by atoms with van der Waals surface area (Å²) >= 11 is 6.70. The molecule has 2 nitrogen and oxygen atoms in total. The molecule has 96 valence electrons. The fourth-order valence-corrected chi connectivity index (χ4v) is 3.86. The van der Waals surface area contributed by atoms with Gasteiger partial charge in [-0.05, 0) is 27.9 Å². The molecule has 0 atom stereocenters. The molecule has 1 aromatic carbocycles. The van der Waals surface area contributed by atoms with Gasteiger partial charge in [0.25, 0.3) is 0 Å². The first-order chi connectivity index (χ1) is 9.31. The fourth-order valence-electron chi connectivity index (χ4n) is 1.79. The lowest BCUT2D eigenvalue weighted by Crippen LogP contribution is -1.90. The van der Waals surface area contributed by atoms with E-state index in [1.165, 1.54) is 10.6 Å². The number of nitrogens with zero attached hydrogens (tertiary/aromatic N) is 2. The maximum absolute atomic E-state index is 4.65. The molecule has 0 aliphatic carbocycles. The van der Waals surface area contributed by atoms with Crippen molar-refractivity contribution in [2.75, 3.05) is 0 Å². The van der Waals surface area contributed by atoms with Crippen LogP contribution in [0.1, 0.15) is 10.6 Å². The minimum atomic E-state index is 0.881. The summed E-state index contributed by atoms with van der Waals surface area (Å²) in [5, 5.41) is 6.23. The maximum Gasteiger partial charge on any atom is 0.144 e. The van der Waals surface area contributed by atoms with Crippen LogP contribution in [0, 0.1) is 0 Å². The summed E-state index contributed by atoms with van der Waals surface area (Å²) in [4.78, 5) is 9.05. The highest BCUT2D eigenvalue weighted by Gasteiger charge is 2.08. The Morgan fingerprint density at radius 1 is 0.947 bits per heavy atom. The molecule has 0 bridgehead atoms. The zero-order chi connectivity index (χ0) is 13.1. The molecule has 0 unspecified atom stereocenters. The first kappa shape index (κ1) is 13.0. The van der Waals surface area contributed by atoms with Crippen molar-refractivity contribution in [2.24, 2.45) is 0 Å². The second kappa shape index (κ2) is 5.94. The molecular formula is C14H11BrN2S2. The van der Waals surface area contributed by atoms with E-state index < -0.39 is 0 Å². The van der Waals surface area contributed by atoms with E-state index in [9.17, 15) is 0 Å². The van der Waals surface area contributed by atoms with Crippen LogP contribution in [0.15, 0.2) is 45.7 Å². The predicted molar refractivity (Wildman–Crippen MR) is 84.8 cm³/mol. The van der Waals surface area contributed by atoms with Gasteiger partial charge in [-0.1, -0.05) is 30.3 Å². The van der Waals surface area contributed by atoms with Gasteiger partial charge in [-0.15, -0.1) is 22.7 Å². The molecule has 0 aliphatic heterocycles. The van der Waals surface area contributed by atoms with Crippen molar-refractivity contribution >= 4 is 38.6 Å². The number of aryl methyl sites for hydroxylation is 2. The van der Waals surface area contributed by atoms with E-state index >= 15 is 0 Å².